The number of nitrogens with zero attached hydrogens (tertiary/aromatic N) is 4. The summed E-state index contributed by atoms with van der Waals surface area (Å²) in [7, 11) is 2.17. The highest BCUT2D eigenvalue weighted by atomic mass is 16.5. The summed E-state index contributed by atoms with van der Waals surface area (Å²) in [5.41, 5.74) is 5.67. The summed E-state index contributed by atoms with van der Waals surface area (Å²) in [6, 6.07) is 2.21. The molecule has 6 heteroatoms. The largest absolute Gasteiger partial charge is 0.384 e. The lowest BCUT2D eigenvalue weighted by Crippen LogP contribution is -2.48. The lowest BCUT2D eigenvalue weighted by Gasteiger charge is -2.33. The van der Waals surface area contributed by atoms with E-state index >= 15 is 0 Å². The molecule has 2 fully saturated rings. The van der Waals surface area contributed by atoms with E-state index in [1.807, 2.05) is 0 Å². The van der Waals surface area contributed by atoms with Crippen molar-refractivity contribution in [3.8, 4) is 0 Å². The van der Waals surface area contributed by atoms with Gasteiger partial charge in [-0.3, -0.25) is 9.80 Å². The summed E-state index contributed by atoms with van der Waals surface area (Å²) in [5.74, 6) is 1.32. The normalized spacial score (nSPS) is 29.4. The molecule has 18 heavy (non-hydrogen) atoms. The van der Waals surface area contributed by atoms with Crippen LogP contribution < -0.4 is 5.73 Å². The molecule has 0 bridgehead atoms. The fourth-order valence-electron chi connectivity index (χ4n) is 2.75. The monoisotopic (exact) mass is 249 g/mol. The van der Waals surface area contributed by atoms with Gasteiger partial charge in [-0.05, 0) is 13.1 Å². The molecule has 6 nitrogen and oxygen atoms in total. The Labute approximate surface area is 107 Å². The van der Waals surface area contributed by atoms with E-state index in [9.17, 15) is 0 Å². The molecule has 2 atom stereocenters. The summed E-state index contributed by atoms with van der Waals surface area (Å²) in [6.07, 6.45) is 2.04. The molecule has 0 aromatic carbocycles. The molecule has 0 spiro atoms. The second-order valence-electron chi connectivity index (χ2n) is 5.05. The van der Waals surface area contributed by atoms with Crippen molar-refractivity contribution in [3.05, 3.63) is 18.1 Å². The summed E-state index contributed by atoms with van der Waals surface area (Å²) in [4.78, 5) is 13.2. The first-order chi connectivity index (χ1) is 8.72. The Balaban J connectivity index is 1.65. The van der Waals surface area contributed by atoms with Crippen molar-refractivity contribution in [2.24, 2.45) is 0 Å². The SMILES string of the molecule is CN1CCO[C@@H]2CN(Cc3nccc(N)n3)C[C@@H]21. The van der Waals surface area contributed by atoms with Gasteiger partial charge in [-0.25, -0.2) is 9.97 Å². The first kappa shape index (κ1) is 11.8. The third kappa shape index (κ3) is 2.31. The number of hydrogen-bond donors (Lipinski definition) is 1. The van der Waals surface area contributed by atoms with E-state index in [1.165, 1.54) is 0 Å². The van der Waals surface area contributed by atoms with Crippen molar-refractivity contribution >= 4 is 5.82 Å². The molecule has 3 heterocycles. The topological polar surface area (TPSA) is 67.5 Å². The molecule has 0 aliphatic carbocycles. The molecule has 1 aromatic rings. The van der Waals surface area contributed by atoms with Crippen LogP contribution in [0.4, 0.5) is 5.82 Å². The Hall–Kier alpha value is -1.24. The van der Waals surface area contributed by atoms with Gasteiger partial charge in [0.1, 0.15) is 11.6 Å². The van der Waals surface area contributed by atoms with Gasteiger partial charge in [0.25, 0.3) is 0 Å². The van der Waals surface area contributed by atoms with Crippen molar-refractivity contribution < 1.29 is 4.74 Å². The van der Waals surface area contributed by atoms with Crippen molar-refractivity contribution in [1.82, 2.24) is 19.8 Å². The second kappa shape index (κ2) is 4.79. The maximum atomic E-state index is 5.82. The number of likely N-dealkylation sites (N-methyl/N-ethyl adjacent to an activating group) is 1. The maximum absolute atomic E-state index is 5.82. The van der Waals surface area contributed by atoms with Gasteiger partial charge in [0.2, 0.25) is 0 Å². The molecule has 2 saturated heterocycles. The molecule has 0 unspecified atom stereocenters. The van der Waals surface area contributed by atoms with Crippen LogP contribution in [0.15, 0.2) is 12.3 Å². The molecule has 3 rings (SSSR count). The highest BCUT2D eigenvalue weighted by molar-refractivity contribution is 5.25. The number of aromatic nitrogens is 2. The Morgan fingerprint density at radius 1 is 1.50 bits per heavy atom. The third-order valence-corrected chi connectivity index (χ3v) is 3.75. The predicted octanol–water partition coefficient (Wildman–Crippen LogP) is -0.426. The Kier molecular flexibility index (Phi) is 3.15. The van der Waals surface area contributed by atoms with Crippen molar-refractivity contribution in [1.29, 1.82) is 0 Å². The molecule has 2 aliphatic heterocycles. The number of hydrogen-bond acceptors (Lipinski definition) is 6. The van der Waals surface area contributed by atoms with Crippen LogP contribution in [0, 0.1) is 0 Å². The Morgan fingerprint density at radius 3 is 3.17 bits per heavy atom. The van der Waals surface area contributed by atoms with E-state index in [2.05, 4.69) is 26.8 Å². The van der Waals surface area contributed by atoms with Gasteiger partial charge in [0, 0.05) is 31.9 Å². The smallest absolute Gasteiger partial charge is 0.144 e. The number of nitrogen functional groups attached to an aromatic ring is 1. The molecule has 0 radical (unpaired) electrons. The fourth-order valence-corrected chi connectivity index (χ4v) is 2.75. The van der Waals surface area contributed by atoms with E-state index < -0.39 is 0 Å². The Morgan fingerprint density at radius 2 is 2.39 bits per heavy atom. The number of anilines is 1. The second-order valence-corrected chi connectivity index (χ2v) is 5.05. The van der Waals surface area contributed by atoms with Crippen LogP contribution in [-0.2, 0) is 11.3 Å². The lowest BCUT2D eigenvalue weighted by molar-refractivity contribution is -0.0370. The summed E-state index contributed by atoms with van der Waals surface area (Å²) < 4.78 is 5.82. The summed E-state index contributed by atoms with van der Waals surface area (Å²) in [6.45, 7) is 4.56. The zero-order valence-corrected chi connectivity index (χ0v) is 10.6. The lowest BCUT2D eigenvalue weighted by atomic mass is 10.1. The van der Waals surface area contributed by atoms with Gasteiger partial charge in [-0.1, -0.05) is 0 Å². The van der Waals surface area contributed by atoms with E-state index in [4.69, 9.17) is 10.5 Å². The molecular weight excluding hydrogens is 230 g/mol. The average molecular weight is 249 g/mol. The van der Waals surface area contributed by atoms with E-state index in [-0.39, 0.29) is 0 Å². The van der Waals surface area contributed by atoms with Gasteiger partial charge in [-0.2, -0.15) is 0 Å². The first-order valence-electron chi connectivity index (χ1n) is 6.34. The number of likely N-dealkylation sites (tertiary alicyclic amines) is 1. The number of nitrogens with two attached hydrogens (primary N) is 1. The molecule has 0 amide bonds. The van der Waals surface area contributed by atoms with Crippen LogP contribution in [0.1, 0.15) is 5.82 Å². The minimum Gasteiger partial charge on any atom is -0.384 e. The third-order valence-electron chi connectivity index (χ3n) is 3.75. The summed E-state index contributed by atoms with van der Waals surface area (Å²) in [5, 5.41) is 0. The fraction of sp³-hybridized carbons (Fsp3) is 0.667. The van der Waals surface area contributed by atoms with Crippen molar-refractivity contribution in [2.45, 2.75) is 18.7 Å². The molecule has 0 saturated carbocycles. The number of morpholine rings is 1. The molecule has 1 aromatic heterocycles. The van der Waals surface area contributed by atoms with Gasteiger partial charge < -0.3 is 10.5 Å². The number of rotatable bonds is 2. The van der Waals surface area contributed by atoms with Crippen molar-refractivity contribution in [2.75, 3.05) is 39.0 Å². The van der Waals surface area contributed by atoms with Crippen LogP contribution in [0.25, 0.3) is 0 Å². The number of ether oxygens (including phenoxy) is 1. The van der Waals surface area contributed by atoms with Gasteiger partial charge in [0.15, 0.2) is 0 Å². The van der Waals surface area contributed by atoms with Crippen LogP contribution in [0.2, 0.25) is 0 Å². The van der Waals surface area contributed by atoms with E-state index in [0.717, 1.165) is 38.6 Å². The van der Waals surface area contributed by atoms with E-state index in [1.54, 1.807) is 12.3 Å². The molecular formula is C12H19N5O. The predicted molar refractivity (Wildman–Crippen MR) is 67.9 cm³/mol. The minimum atomic E-state index is 0.324. The first-order valence-corrected chi connectivity index (χ1v) is 6.34. The van der Waals surface area contributed by atoms with E-state index in [0.29, 0.717) is 18.0 Å². The average Bonchev–Trinajstić information content (AvgIpc) is 2.73. The van der Waals surface area contributed by atoms with Gasteiger partial charge in [0.05, 0.1) is 19.3 Å². The number of fused-ring (bicyclic) bond motifs is 1. The Bertz CT molecular complexity index is 427. The molecule has 98 valence electrons. The summed E-state index contributed by atoms with van der Waals surface area (Å²) >= 11 is 0. The molecule has 2 aliphatic rings. The quantitative estimate of drug-likeness (QED) is 0.767. The van der Waals surface area contributed by atoms with Crippen LogP contribution in [0.3, 0.4) is 0 Å². The zero-order chi connectivity index (χ0) is 12.5. The highest BCUT2D eigenvalue weighted by Crippen LogP contribution is 2.22. The maximum Gasteiger partial charge on any atom is 0.144 e. The standard InChI is InChI=1S/C12H19N5O/c1-16-4-5-18-10-7-17(6-9(10)16)8-12-14-3-2-11(13)15-12/h2-3,9-10H,4-8H2,1H3,(H2,13,14,15)/t9-,10+/m0/s1. The van der Waals surface area contributed by atoms with Gasteiger partial charge in [-0.15, -0.1) is 0 Å². The highest BCUT2D eigenvalue weighted by Gasteiger charge is 2.38. The zero-order valence-electron chi connectivity index (χ0n) is 10.6. The van der Waals surface area contributed by atoms with Crippen LogP contribution in [0.5, 0.6) is 0 Å². The molecule has 2 N–H and O–H groups in total. The van der Waals surface area contributed by atoms with Crippen LogP contribution >= 0.6 is 0 Å². The van der Waals surface area contributed by atoms with Crippen LogP contribution in [-0.4, -0.2) is 65.2 Å². The minimum absolute atomic E-state index is 0.324. The van der Waals surface area contributed by atoms with Gasteiger partial charge >= 0.3 is 0 Å². The van der Waals surface area contributed by atoms with Crippen molar-refractivity contribution in [3.63, 3.8) is 0 Å².